The molecule has 0 aromatic carbocycles. The van der Waals surface area contributed by atoms with Gasteiger partial charge in [0.05, 0.1) is 17.9 Å². The summed E-state index contributed by atoms with van der Waals surface area (Å²) in [6, 6.07) is 3.14. The first-order chi connectivity index (χ1) is 9.24. The Morgan fingerprint density at radius 1 is 1.47 bits per heavy atom. The number of hydrogen-bond acceptors (Lipinski definition) is 5. The molecule has 0 bridgehead atoms. The Bertz CT molecular complexity index is 522. The molecule has 0 saturated carbocycles. The zero-order valence-electron chi connectivity index (χ0n) is 10.6. The number of aromatic amines is 1. The molecular weight excluding hydrogens is 244 g/mol. The Labute approximate surface area is 110 Å². The minimum Gasteiger partial charge on any atom is -0.347 e. The van der Waals surface area contributed by atoms with Gasteiger partial charge in [-0.05, 0) is 18.6 Å². The number of aromatic nitrogens is 3. The topological polar surface area (TPSA) is 109 Å². The van der Waals surface area contributed by atoms with E-state index in [1.807, 2.05) is 6.92 Å². The number of imidazole rings is 1. The van der Waals surface area contributed by atoms with Crippen LogP contribution in [0.1, 0.15) is 35.7 Å². The second kappa shape index (κ2) is 5.96. The lowest BCUT2D eigenvalue weighted by Crippen LogP contribution is -2.29. The predicted molar refractivity (Wildman–Crippen MR) is 71.1 cm³/mol. The van der Waals surface area contributed by atoms with Gasteiger partial charge < -0.3 is 15.7 Å². The third-order valence-corrected chi connectivity index (χ3v) is 2.73. The summed E-state index contributed by atoms with van der Waals surface area (Å²) in [5.41, 5.74) is 3.44. The average Bonchev–Trinajstić information content (AvgIpc) is 2.98. The Morgan fingerprint density at radius 2 is 2.32 bits per heavy atom. The Kier molecular flexibility index (Phi) is 4.09. The second-order valence-corrected chi connectivity index (χ2v) is 3.99. The smallest absolute Gasteiger partial charge is 0.270 e. The highest BCUT2D eigenvalue weighted by molar-refractivity contribution is 5.92. The molecule has 1 amide bonds. The third kappa shape index (κ3) is 3.08. The standard InChI is InChI=1S/C12H16N6O/c1-2-9(11-14-5-6-15-11)17-12(19)10-4-3-8(18-13)7-16-10/h3-7,9,18H,2,13H2,1H3,(H,14,15)(H,17,19). The number of hydrogen-bond donors (Lipinski definition) is 4. The van der Waals surface area contributed by atoms with Gasteiger partial charge in [-0.15, -0.1) is 0 Å². The maximum Gasteiger partial charge on any atom is 0.270 e. The van der Waals surface area contributed by atoms with Gasteiger partial charge in [-0.1, -0.05) is 6.92 Å². The van der Waals surface area contributed by atoms with Crippen molar-refractivity contribution >= 4 is 11.6 Å². The third-order valence-electron chi connectivity index (χ3n) is 2.73. The molecule has 1 unspecified atom stereocenters. The number of carbonyl (C=O) groups excluding carboxylic acids is 1. The molecule has 2 aromatic rings. The van der Waals surface area contributed by atoms with Crippen LogP contribution in [0, 0.1) is 0 Å². The molecule has 0 saturated heterocycles. The van der Waals surface area contributed by atoms with Gasteiger partial charge in [0.15, 0.2) is 0 Å². The lowest BCUT2D eigenvalue weighted by Gasteiger charge is -2.14. The molecule has 0 aliphatic heterocycles. The number of hydrazine groups is 1. The minimum atomic E-state index is -0.244. The van der Waals surface area contributed by atoms with Crippen molar-refractivity contribution in [2.75, 3.05) is 5.43 Å². The summed E-state index contributed by atoms with van der Waals surface area (Å²) in [5, 5.41) is 2.88. The Hall–Kier alpha value is -2.41. The SMILES string of the molecule is CCC(NC(=O)c1ccc(NN)cn1)c1ncc[nH]1. The zero-order chi connectivity index (χ0) is 13.7. The molecule has 0 radical (unpaired) electrons. The molecule has 0 aliphatic rings. The average molecular weight is 260 g/mol. The normalized spacial score (nSPS) is 11.9. The fourth-order valence-corrected chi connectivity index (χ4v) is 1.68. The largest absolute Gasteiger partial charge is 0.347 e. The van der Waals surface area contributed by atoms with Crippen molar-refractivity contribution in [2.45, 2.75) is 19.4 Å². The van der Waals surface area contributed by atoms with Crippen LogP contribution in [0.25, 0.3) is 0 Å². The second-order valence-electron chi connectivity index (χ2n) is 3.99. The van der Waals surface area contributed by atoms with Gasteiger partial charge in [0, 0.05) is 12.4 Å². The number of nitrogens with one attached hydrogen (secondary N) is 3. The molecule has 2 heterocycles. The highest BCUT2D eigenvalue weighted by Gasteiger charge is 2.16. The molecule has 2 rings (SSSR count). The van der Waals surface area contributed by atoms with Crippen LogP contribution in [0.5, 0.6) is 0 Å². The summed E-state index contributed by atoms with van der Waals surface area (Å²) < 4.78 is 0. The van der Waals surface area contributed by atoms with Gasteiger partial charge in [0.25, 0.3) is 5.91 Å². The van der Waals surface area contributed by atoms with Crippen molar-refractivity contribution < 1.29 is 4.79 Å². The van der Waals surface area contributed by atoms with E-state index in [9.17, 15) is 4.79 Å². The van der Waals surface area contributed by atoms with Crippen molar-refractivity contribution in [1.29, 1.82) is 0 Å². The first-order valence-electron chi connectivity index (χ1n) is 5.97. The van der Waals surface area contributed by atoms with Gasteiger partial charge in [-0.3, -0.25) is 10.6 Å². The highest BCUT2D eigenvalue weighted by atomic mass is 16.1. The lowest BCUT2D eigenvalue weighted by molar-refractivity contribution is 0.0929. The van der Waals surface area contributed by atoms with Crippen molar-refractivity contribution in [2.24, 2.45) is 5.84 Å². The van der Waals surface area contributed by atoms with Gasteiger partial charge >= 0.3 is 0 Å². The molecular formula is C12H16N6O. The van der Waals surface area contributed by atoms with E-state index in [1.54, 1.807) is 24.5 Å². The number of anilines is 1. The predicted octanol–water partition coefficient (Wildman–Crippen LogP) is 0.971. The van der Waals surface area contributed by atoms with Crippen LogP contribution >= 0.6 is 0 Å². The Balaban J connectivity index is 2.06. The van der Waals surface area contributed by atoms with Crippen molar-refractivity contribution in [3.05, 3.63) is 42.2 Å². The van der Waals surface area contributed by atoms with Gasteiger partial charge in [0.2, 0.25) is 0 Å². The van der Waals surface area contributed by atoms with Crippen LogP contribution in [-0.2, 0) is 0 Å². The van der Waals surface area contributed by atoms with Crippen molar-refractivity contribution in [3.8, 4) is 0 Å². The first-order valence-corrected chi connectivity index (χ1v) is 5.97. The minimum absolute atomic E-state index is 0.156. The molecule has 0 fully saturated rings. The molecule has 5 N–H and O–H groups in total. The number of pyridine rings is 1. The van der Waals surface area contributed by atoms with Gasteiger partial charge in [-0.25, -0.2) is 9.97 Å². The quantitative estimate of drug-likeness (QED) is 0.473. The molecule has 7 heteroatoms. The van der Waals surface area contributed by atoms with E-state index in [0.29, 0.717) is 11.4 Å². The van der Waals surface area contributed by atoms with E-state index in [2.05, 4.69) is 25.7 Å². The van der Waals surface area contributed by atoms with E-state index < -0.39 is 0 Å². The number of amides is 1. The number of carbonyl (C=O) groups is 1. The van der Waals surface area contributed by atoms with Crippen LogP contribution in [0.4, 0.5) is 5.69 Å². The summed E-state index contributed by atoms with van der Waals surface area (Å²) in [6.07, 6.45) is 5.62. The summed E-state index contributed by atoms with van der Waals surface area (Å²) in [4.78, 5) is 23.2. The number of nitrogens with two attached hydrogens (primary N) is 1. The number of nitrogen functional groups attached to an aromatic ring is 1. The molecule has 7 nitrogen and oxygen atoms in total. The molecule has 2 aromatic heterocycles. The molecule has 0 spiro atoms. The lowest BCUT2D eigenvalue weighted by atomic mass is 10.2. The van der Waals surface area contributed by atoms with E-state index in [0.717, 1.165) is 12.2 Å². The van der Waals surface area contributed by atoms with Gasteiger partial charge in [0.1, 0.15) is 11.5 Å². The van der Waals surface area contributed by atoms with Crippen molar-refractivity contribution in [1.82, 2.24) is 20.3 Å². The van der Waals surface area contributed by atoms with E-state index in [-0.39, 0.29) is 11.9 Å². The molecule has 1 atom stereocenters. The molecule has 100 valence electrons. The van der Waals surface area contributed by atoms with E-state index in [1.165, 1.54) is 6.20 Å². The zero-order valence-corrected chi connectivity index (χ0v) is 10.6. The van der Waals surface area contributed by atoms with Crippen LogP contribution < -0.4 is 16.6 Å². The van der Waals surface area contributed by atoms with Crippen molar-refractivity contribution in [3.63, 3.8) is 0 Å². The van der Waals surface area contributed by atoms with Crippen LogP contribution in [0.3, 0.4) is 0 Å². The summed E-state index contributed by atoms with van der Waals surface area (Å²) in [7, 11) is 0. The van der Waals surface area contributed by atoms with E-state index in [4.69, 9.17) is 5.84 Å². The molecule has 0 aliphatic carbocycles. The van der Waals surface area contributed by atoms with Crippen LogP contribution in [0.2, 0.25) is 0 Å². The highest BCUT2D eigenvalue weighted by Crippen LogP contribution is 2.12. The molecule has 19 heavy (non-hydrogen) atoms. The maximum absolute atomic E-state index is 12.0. The maximum atomic E-state index is 12.0. The van der Waals surface area contributed by atoms with E-state index >= 15 is 0 Å². The fraction of sp³-hybridized carbons (Fsp3) is 0.250. The monoisotopic (exact) mass is 260 g/mol. The summed E-state index contributed by atoms with van der Waals surface area (Å²) >= 11 is 0. The summed E-state index contributed by atoms with van der Waals surface area (Å²) in [5.74, 6) is 5.73. The number of rotatable bonds is 5. The number of nitrogens with zero attached hydrogens (tertiary/aromatic N) is 2. The first kappa shape index (κ1) is 13.0. The Morgan fingerprint density at radius 3 is 2.84 bits per heavy atom. The number of H-pyrrole nitrogens is 1. The fourth-order valence-electron chi connectivity index (χ4n) is 1.68. The van der Waals surface area contributed by atoms with Gasteiger partial charge in [-0.2, -0.15) is 0 Å². The van der Waals surface area contributed by atoms with Crippen LogP contribution in [-0.4, -0.2) is 20.9 Å². The summed E-state index contributed by atoms with van der Waals surface area (Å²) in [6.45, 7) is 1.97. The van der Waals surface area contributed by atoms with Crippen LogP contribution in [0.15, 0.2) is 30.7 Å².